The van der Waals surface area contributed by atoms with E-state index in [0.717, 1.165) is 38.1 Å². The number of nitrogens with zero attached hydrogens (tertiary/aromatic N) is 1. The summed E-state index contributed by atoms with van der Waals surface area (Å²) in [7, 11) is 0. The molecule has 3 nitrogen and oxygen atoms in total. The zero-order chi connectivity index (χ0) is 13.3. The van der Waals surface area contributed by atoms with Crippen molar-refractivity contribution >= 4 is 5.91 Å². The minimum atomic E-state index is 0.0645. The minimum absolute atomic E-state index is 0.0645. The molecule has 0 aromatic carbocycles. The minimum Gasteiger partial charge on any atom is -0.340 e. The van der Waals surface area contributed by atoms with Crippen molar-refractivity contribution in [1.82, 2.24) is 4.90 Å². The molecule has 0 bridgehead atoms. The Bertz CT molecular complexity index is 295. The molecule has 18 heavy (non-hydrogen) atoms. The molecule has 3 heteroatoms. The third kappa shape index (κ3) is 2.71. The molecule has 2 fully saturated rings. The van der Waals surface area contributed by atoms with E-state index in [4.69, 9.17) is 5.73 Å². The summed E-state index contributed by atoms with van der Waals surface area (Å²) in [5.74, 6) is 1.60. The van der Waals surface area contributed by atoms with Gasteiger partial charge in [-0.25, -0.2) is 0 Å². The first-order chi connectivity index (χ1) is 8.50. The quantitative estimate of drug-likeness (QED) is 0.779. The van der Waals surface area contributed by atoms with Crippen LogP contribution in [0.25, 0.3) is 0 Å². The standard InChI is InChI=1S/C15H28N2O/c1-10-7-8-17(12(3)9-10)15(18)14-11(2)5-4-6-13(14)16/h10-14H,4-9,16H2,1-3H3. The fourth-order valence-electron chi connectivity index (χ4n) is 3.81. The van der Waals surface area contributed by atoms with Crippen LogP contribution in [0.3, 0.4) is 0 Å². The van der Waals surface area contributed by atoms with E-state index in [0.29, 0.717) is 17.9 Å². The van der Waals surface area contributed by atoms with E-state index in [1.54, 1.807) is 0 Å². The van der Waals surface area contributed by atoms with Crippen molar-refractivity contribution in [2.45, 2.75) is 65.0 Å². The van der Waals surface area contributed by atoms with Gasteiger partial charge in [0, 0.05) is 18.6 Å². The van der Waals surface area contributed by atoms with Gasteiger partial charge < -0.3 is 10.6 Å². The molecular formula is C15H28N2O. The Hall–Kier alpha value is -0.570. The Labute approximate surface area is 111 Å². The molecule has 5 atom stereocenters. The molecule has 2 rings (SSSR count). The van der Waals surface area contributed by atoms with Crippen molar-refractivity contribution < 1.29 is 4.79 Å². The van der Waals surface area contributed by atoms with Crippen molar-refractivity contribution in [1.29, 1.82) is 0 Å². The van der Waals surface area contributed by atoms with Crippen LogP contribution in [0.15, 0.2) is 0 Å². The maximum absolute atomic E-state index is 12.7. The van der Waals surface area contributed by atoms with Gasteiger partial charge in [-0.3, -0.25) is 4.79 Å². The van der Waals surface area contributed by atoms with E-state index in [-0.39, 0.29) is 12.0 Å². The summed E-state index contributed by atoms with van der Waals surface area (Å²) in [4.78, 5) is 14.8. The number of rotatable bonds is 1. The average molecular weight is 252 g/mol. The largest absolute Gasteiger partial charge is 0.340 e. The lowest BCUT2D eigenvalue weighted by molar-refractivity contribution is -0.143. The van der Waals surface area contributed by atoms with Gasteiger partial charge in [-0.15, -0.1) is 0 Å². The molecule has 1 saturated carbocycles. The number of hydrogen-bond acceptors (Lipinski definition) is 2. The van der Waals surface area contributed by atoms with Crippen molar-refractivity contribution in [3.8, 4) is 0 Å². The Kier molecular flexibility index (Phi) is 4.31. The van der Waals surface area contributed by atoms with Crippen molar-refractivity contribution in [3.05, 3.63) is 0 Å². The molecule has 1 amide bonds. The Morgan fingerprint density at radius 2 is 1.89 bits per heavy atom. The zero-order valence-electron chi connectivity index (χ0n) is 12.1. The van der Waals surface area contributed by atoms with Crippen LogP contribution in [0.4, 0.5) is 0 Å². The van der Waals surface area contributed by atoms with Gasteiger partial charge in [-0.05, 0) is 44.4 Å². The zero-order valence-corrected chi connectivity index (χ0v) is 12.1. The highest BCUT2D eigenvalue weighted by Gasteiger charge is 2.38. The van der Waals surface area contributed by atoms with Crippen LogP contribution in [0, 0.1) is 17.8 Å². The number of carbonyl (C=O) groups excluding carboxylic acids is 1. The molecule has 1 heterocycles. The normalized spacial score (nSPS) is 41.8. The van der Waals surface area contributed by atoms with Crippen LogP contribution < -0.4 is 5.73 Å². The molecule has 1 saturated heterocycles. The van der Waals surface area contributed by atoms with Crippen LogP contribution in [0.2, 0.25) is 0 Å². The SMILES string of the molecule is CC1CCN(C(=O)C2C(C)CCCC2N)C(C)C1. The third-order valence-electron chi connectivity index (χ3n) is 4.98. The second-order valence-corrected chi connectivity index (χ2v) is 6.61. The van der Waals surface area contributed by atoms with Crippen LogP contribution >= 0.6 is 0 Å². The molecule has 2 aliphatic rings. The molecule has 0 spiro atoms. The average Bonchev–Trinajstić information content (AvgIpc) is 2.28. The van der Waals surface area contributed by atoms with Crippen molar-refractivity contribution in [2.24, 2.45) is 23.5 Å². The number of likely N-dealkylation sites (tertiary alicyclic amines) is 1. The van der Waals surface area contributed by atoms with Crippen LogP contribution in [-0.4, -0.2) is 29.4 Å². The summed E-state index contributed by atoms with van der Waals surface area (Å²) < 4.78 is 0. The molecule has 0 aromatic rings. The molecule has 1 aliphatic heterocycles. The van der Waals surface area contributed by atoms with Crippen molar-refractivity contribution in [3.63, 3.8) is 0 Å². The fraction of sp³-hybridized carbons (Fsp3) is 0.933. The molecule has 1 aliphatic carbocycles. The van der Waals surface area contributed by atoms with E-state index in [1.165, 1.54) is 6.42 Å². The van der Waals surface area contributed by atoms with Crippen LogP contribution in [-0.2, 0) is 4.79 Å². The molecular weight excluding hydrogens is 224 g/mol. The van der Waals surface area contributed by atoms with E-state index in [2.05, 4.69) is 25.7 Å². The second-order valence-electron chi connectivity index (χ2n) is 6.61. The highest BCUT2D eigenvalue weighted by Crippen LogP contribution is 2.32. The Morgan fingerprint density at radius 1 is 1.17 bits per heavy atom. The number of amides is 1. The van der Waals surface area contributed by atoms with Gasteiger partial charge in [0.1, 0.15) is 0 Å². The first-order valence-electron chi connectivity index (χ1n) is 7.56. The Balaban J connectivity index is 2.05. The highest BCUT2D eigenvalue weighted by atomic mass is 16.2. The summed E-state index contributed by atoms with van der Waals surface area (Å²) in [6.07, 6.45) is 5.63. The molecule has 104 valence electrons. The monoisotopic (exact) mass is 252 g/mol. The fourth-order valence-corrected chi connectivity index (χ4v) is 3.81. The van der Waals surface area contributed by atoms with E-state index >= 15 is 0 Å². The van der Waals surface area contributed by atoms with Gasteiger partial charge in [0.25, 0.3) is 0 Å². The van der Waals surface area contributed by atoms with Crippen LogP contribution in [0.5, 0.6) is 0 Å². The van der Waals surface area contributed by atoms with Crippen molar-refractivity contribution in [2.75, 3.05) is 6.54 Å². The molecule has 0 aromatic heterocycles. The number of nitrogens with two attached hydrogens (primary N) is 1. The Morgan fingerprint density at radius 3 is 2.50 bits per heavy atom. The van der Waals surface area contributed by atoms with Gasteiger partial charge in [0.05, 0.1) is 5.92 Å². The van der Waals surface area contributed by atoms with Gasteiger partial charge in [0.2, 0.25) is 5.91 Å². The number of hydrogen-bond donors (Lipinski definition) is 1. The number of piperidine rings is 1. The molecule has 0 radical (unpaired) electrons. The predicted molar refractivity (Wildman–Crippen MR) is 74.1 cm³/mol. The second kappa shape index (κ2) is 5.60. The van der Waals surface area contributed by atoms with E-state index < -0.39 is 0 Å². The smallest absolute Gasteiger partial charge is 0.227 e. The summed E-state index contributed by atoms with van der Waals surface area (Å²) >= 11 is 0. The van der Waals surface area contributed by atoms with Gasteiger partial charge >= 0.3 is 0 Å². The third-order valence-corrected chi connectivity index (χ3v) is 4.98. The first-order valence-corrected chi connectivity index (χ1v) is 7.56. The van der Waals surface area contributed by atoms with Crippen LogP contribution in [0.1, 0.15) is 52.9 Å². The van der Waals surface area contributed by atoms with E-state index in [1.807, 2.05) is 0 Å². The first kappa shape index (κ1) is 13.9. The summed E-state index contributed by atoms with van der Waals surface area (Å²) in [5, 5.41) is 0. The lowest BCUT2D eigenvalue weighted by atomic mass is 9.76. The van der Waals surface area contributed by atoms with Gasteiger partial charge in [-0.1, -0.05) is 20.3 Å². The summed E-state index contributed by atoms with van der Waals surface area (Å²) in [6.45, 7) is 7.59. The summed E-state index contributed by atoms with van der Waals surface area (Å²) in [6, 6.07) is 0.468. The summed E-state index contributed by atoms with van der Waals surface area (Å²) in [5.41, 5.74) is 6.20. The topological polar surface area (TPSA) is 46.3 Å². The predicted octanol–water partition coefficient (Wildman–Crippen LogP) is 2.40. The van der Waals surface area contributed by atoms with Gasteiger partial charge in [-0.2, -0.15) is 0 Å². The highest BCUT2D eigenvalue weighted by molar-refractivity contribution is 5.80. The lowest BCUT2D eigenvalue weighted by Gasteiger charge is -2.42. The molecule has 5 unspecified atom stereocenters. The van der Waals surface area contributed by atoms with E-state index in [9.17, 15) is 4.79 Å². The molecule has 2 N–H and O–H groups in total. The maximum Gasteiger partial charge on any atom is 0.227 e. The number of carbonyl (C=O) groups is 1. The van der Waals surface area contributed by atoms with Gasteiger partial charge in [0.15, 0.2) is 0 Å². The lowest BCUT2D eigenvalue weighted by Crippen LogP contribution is -2.53. The maximum atomic E-state index is 12.7.